The van der Waals surface area contributed by atoms with Gasteiger partial charge in [-0.3, -0.25) is 10.2 Å². The van der Waals surface area contributed by atoms with Gasteiger partial charge in [-0.05, 0) is 12.8 Å². The van der Waals surface area contributed by atoms with Crippen LogP contribution >= 0.6 is 11.3 Å². The van der Waals surface area contributed by atoms with Gasteiger partial charge in [-0.2, -0.15) is 0 Å². The summed E-state index contributed by atoms with van der Waals surface area (Å²) < 4.78 is 5.57. The van der Waals surface area contributed by atoms with E-state index in [0.29, 0.717) is 6.61 Å². The predicted molar refractivity (Wildman–Crippen MR) is 67.5 cm³/mol. The first-order chi connectivity index (χ1) is 8.06. The lowest BCUT2D eigenvalue weighted by Crippen LogP contribution is -2.43. The molecule has 3 N–H and O–H groups in total. The number of nitrogens with one attached hydrogen (secondary N) is 1. The average Bonchev–Trinajstić information content (AvgIpc) is 2.69. The Morgan fingerprint density at radius 1 is 1.65 bits per heavy atom. The Bertz CT molecular complexity index is 365. The van der Waals surface area contributed by atoms with Crippen molar-refractivity contribution in [3.8, 4) is 0 Å². The zero-order valence-electron chi connectivity index (χ0n) is 10.4. The van der Waals surface area contributed by atoms with Crippen LogP contribution in [-0.2, 0) is 16.0 Å². The van der Waals surface area contributed by atoms with Crippen LogP contribution in [0.25, 0.3) is 0 Å². The van der Waals surface area contributed by atoms with E-state index < -0.39 is 6.10 Å². The van der Waals surface area contributed by atoms with Crippen molar-refractivity contribution in [2.24, 2.45) is 11.8 Å². The highest BCUT2D eigenvalue weighted by Crippen LogP contribution is 2.14. The summed E-state index contributed by atoms with van der Waals surface area (Å²) >= 11 is 1.61. The van der Waals surface area contributed by atoms with Crippen LogP contribution in [0.4, 0.5) is 0 Å². The van der Waals surface area contributed by atoms with Gasteiger partial charge in [0.25, 0.3) is 5.91 Å². The van der Waals surface area contributed by atoms with E-state index in [1.165, 1.54) is 4.88 Å². The lowest BCUT2D eigenvalue weighted by molar-refractivity contribution is -0.135. The van der Waals surface area contributed by atoms with E-state index in [1.807, 2.05) is 26.3 Å². The first kappa shape index (κ1) is 14.1. The Hall–Kier alpha value is -0.980. The number of ether oxygens (including phenoxy) is 1. The fourth-order valence-electron chi connectivity index (χ4n) is 1.50. The fraction of sp³-hybridized carbons (Fsp3) is 0.636. The molecule has 0 saturated heterocycles. The average molecular weight is 257 g/mol. The summed E-state index contributed by atoms with van der Waals surface area (Å²) in [5, 5.41) is 0. The first-order valence-corrected chi connectivity index (χ1v) is 6.45. The van der Waals surface area contributed by atoms with E-state index in [4.69, 9.17) is 10.6 Å². The minimum absolute atomic E-state index is 0.0982. The Kier molecular flexibility index (Phi) is 5.54. The lowest BCUT2D eigenvalue weighted by Gasteiger charge is -2.19. The van der Waals surface area contributed by atoms with Crippen molar-refractivity contribution in [2.45, 2.75) is 33.3 Å². The number of aryl methyl sites for hydroxylation is 1. The molecule has 1 atom stereocenters. The number of carbonyl (C=O) groups is 1. The molecule has 0 radical (unpaired) electrons. The van der Waals surface area contributed by atoms with Crippen molar-refractivity contribution < 1.29 is 9.53 Å². The van der Waals surface area contributed by atoms with E-state index in [2.05, 4.69) is 10.4 Å². The molecule has 96 valence electrons. The Labute approximate surface area is 105 Å². The summed E-state index contributed by atoms with van der Waals surface area (Å²) in [6.07, 6.45) is 0.283. The number of nitrogens with zero attached hydrogens (tertiary/aromatic N) is 1. The van der Waals surface area contributed by atoms with Gasteiger partial charge in [0, 0.05) is 11.3 Å². The minimum atomic E-state index is -0.492. The molecule has 0 bridgehead atoms. The van der Waals surface area contributed by atoms with Crippen molar-refractivity contribution >= 4 is 17.2 Å². The number of carbonyl (C=O) groups excluding carboxylic acids is 1. The topological polar surface area (TPSA) is 77.2 Å². The summed E-state index contributed by atoms with van der Waals surface area (Å²) in [6, 6.07) is 0. The molecular formula is C11H19N3O2S. The van der Waals surface area contributed by atoms with Crippen LogP contribution in [0, 0.1) is 12.8 Å². The maximum Gasteiger partial charge on any atom is 0.263 e. The summed E-state index contributed by atoms with van der Waals surface area (Å²) in [7, 11) is 0. The molecule has 1 amide bonds. The van der Waals surface area contributed by atoms with E-state index in [0.717, 1.165) is 12.1 Å². The van der Waals surface area contributed by atoms with Gasteiger partial charge < -0.3 is 4.74 Å². The van der Waals surface area contributed by atoms with Gasteiger partial charge in [-0.1, -0.05) is 13.8 Å². The zero-order chi connectivity index (χ0) is 12.8. The van der Waals surface area contributed by atoms with Crippen LogP contribution < -0.4 is 11.3 Å². The van der Waals surface area contributed by atoms with Gasteiger partial charge in [0.2, 0.25) is 0 Å². The second kappa shape index (κ2) is 6.68. The highest BCUT2D eigenvalue weighted by Gasteiger charge is 2.21. The highest BCUT2D eigenvalue weighted by atomic mass is 32.1. The van der Waals surface area contributed by atoms with Gasteiger partial charge in [0.05, 0.1) is 17.8 Å². The molecule has 1 rings (SSSR count). The molecule has 0 saturated carbocycles. The molecule has 1 aromatic rings. The Morgan fingerprint density at radius 3 is 2.82 bits per heavy atom. The highest BCUT2D eigenvalue weighted by molar-refractivity contribution is 7.09. The van der Waals surface area contributed by atoms with Crippen molar-refractivity contribution in [3.63, 3.8) is 0 Å². The molecule has 0 fully saturated rings. The largest absolute Gasteiger partial charge is 0.368 e. The van der Waals surface area contributed by atoms with Crippen LogP contribution in [0.5, 0.6) is 0 Å². The number of hydrazine groups is 1. The molecule has 0 aromatic carbocycles. The second-order valence-electron chi connectivity index (χ2n) is 4.15. The van der Waals surface area contributed by atoms with E-state index >= 15 is 0 Å². The van der Waals surface area contributed by atoms with E-state index in [9.17, 15) is 4.79 Å². The fourth-order valence-corrected chi connectivity index (χ4v) is 2.26. The predicted octanol–water partition coefficient (Wildman–Crippen LogP) is 1.03. The normalized spacial score (nSPS) is 12.8. The molecule has 0 aliphatic heterocycles. The summed E-state index contributed by atoms with van der Waals surface area (Å²) in [5.41, 5.74) is 4.97. The van der Waals surface area contributed by atoms with Crippen molar-refractivity contribution in [1.82, 2.24) is 10.4 Å². The zero-order valence-corrected chi connectivity index (χ0v) is 11.2. The molecule has 5 nitrogen and oxygen atoms in total. The Balaban J connectivity index is 2.43. The summed E-state index contributed by atoms with van der Waals surface area (Å²) in [5.74, 6) is 4.94. The van der Waals surface area contributed by atoms with Gasteiger partial charge in [-0.25, -0.2) is 10.8 Å². The third-order valence-electron chi connectivity index (χ3n) is 2.48. The molecule has 17 heavy (non-hydrogen) atoms. The molecule has 1 heterocycles. The van der Waals surface area contributed by atoms with Gasteiger partial charge in [-0.15, -0.1) is 11.3 Å². The van der Waals surface area contributed by atoms with Gasteiger partial charge in [0.15, 0.2) is 0 Å². The van der Waals surface area contributed by atoms with Gasteiger partial charge in [0.1, 0.15) is 6.10 Å². The number of hydrogen-bond acceptors (Lipinski definition) is 5. The monoisotopic (exact) mass is 257 g/mol. The molecule has 0 aliphatic carbocycles. The van der Waals surface area contributed by atoms with Crippen LogP contribution in [0.2, 0.25) is 0 Å². The van der Waals surface area contributed by atoms with Gasteiger partial charge >= 0.3 is 0 Å². The molecular weight excluding hydrogens is 238 g/mol. The lowest BCUT2D eigenvalue weighted by atomic mass is 10.1. The number of thiazole rings is 1. The van der Waals surface area contributed by atoms with Crippen LogP contribution in [0.3, 0.4) is 0 Å². The maximum atomic E-state index is 11.4. The van der Waals surface area contributed by atoms with Crippen LogP contribution in [0.15, 0.2) is 5.51 Å². The number of amides is 1. The third kappa shape index (κ3) is 4.07. The Morgan fingerprint density at radius 2 is 2.35 bits per heavy atom. The number of rotatable bonds is 6. The SMILES string of the molecule is Cc1ncsc1CCOC(C(=O)NN)C(C)C. The van der Waals surface area contributed by atoms with E-state index in [-0.39, 0.29) is 11.8 Å². The van der Waals surface area contributed by atoms with E-state index in [1.54, 1.807) is 11.3 Å². The second-order valence-corrected chi connectivity index (χ2v) is 5.09. The van der Waals surface area contributed by atoms with Crippen molar-refractivity contribution in [1.29, 1.82) is 0 Å². The third-order valence-corrected chi connectivity index (χ3v) is 3.47. The molecule has 1 aromatic heterocycles. The molecule has 1 unspecified atom stereocenters. The van der Waals surface area contributed by atoms with Crippen LogP contribution in [-0.4, -0.2) is 23.6 Å². The number of aromatic nitrogens is 1. The maximum absolute atomic E-state index is 11.4. The first-order valence-electron chi connectivity index (χ1n) is 5.57. The minimum Gasteiger partial charge on any atom is -0.368 e. The smallest absolute Gasteiger partial charge is 0.263 e. The number of nitrogens with two attached hydrogens (primary N) is 1. The van der Waals surface area contributed by atoms with Crippen molar-refractivity contribution in [2.75, 3.05) is 6.61 Å². The quantitative estimate of drug-likeness (QED) is 0.453. The molecule has 6 heteroatoms. The van der Waals surface area contributed by atoms with Crippen molar-refractivity contribution in [3.05, 3.63) is 16.1 Å². The summed E-state index contributed by atoms with van der Waals surface area (Å²) in [4.78, 5) is 16.8. The molecule has 0 aliphatic rings. The molecule has 0 spiro atoms. The van der Waals surface area contributed by atoms with Crippen LogP contribution in [0.1, 0.15) is 24.4 Å². The summed E-state index contributed by atoms with van der Waals surface area (Å²) in [6.45, 7) is 6.33. The number of hydrogen-bond donors (Lipinski definition) is 2. The standard InChI is InChI=1S/C11H19N3O2S/c1-7(2)10(11(15)14-12)16-5-4-9-8(3)13-6-17-9/h6-7,10H,4-5,12H2,1-3H3,(H,14,15).